The molecule has 1 N–H and O–H groups in total. The zero-order valence-electron chi connectivity index (χ0n) is 12.9. The van der Waals surface area contributed by atoms with Crippen LogP contribution in [0.15, 0.2) is 47.6 Å². The highest BCUT2D eigenvalue weighted by molar-refractivity contribution is 7.90. The second-order valence-electron chi connectivity index (χ2n) is 5.89. The van der Waals surface area contributed by atoms with Crippen molar-refractivity contribution >= 4 is 10.0 Å². The molecular formula is C16H24N2O2S. The van der Waals surface area contributed by atoms with Gasteiger partial charge in [0.15, 0.2) is 0 Å². The maximum atomic E-state index is 13.0. The predicted octanol–water partition coefficient (Wildman–Crippen LogP) is 2.00. The van der Waals surface area contributed by atoms with E-state index in [4.69, 9.17) is 0 Å². The van der Waals surface area contributed by atoms with Crippen LogP contribution in [0.4, 0.5) is 0 Å². The average molecular weight is 308 g/mol. The molecule has 1 atom stereocenters. The van der Waals surface area contributed by atoms with E-state index in [-0.39, 0.29) is 0 Å². The van der Waals surface area contributed by atoms with Crippen molar-refractivity contribution in [2.45, 2.75) is 25.5 Å². The Labute approximate surface area is 128 Å². The Balaban J connectivity index is 2.30. The fraction of sp³-hybridized carbons (Fsp3) is 0.500. The van der Waals surface area contributed by atoms with Crippen molar-refractivity contribution in [1.82, 2.24) is 9.62 Å². The molecule has 116 valence electrons. The lowest BCUT2D eigenvalue weighted by molar-refractivity contribution is 0.405. The summed E-state index contributed by atoms with van der Waals surface area (Å²) < 4.78 is 27.6. The van der Waals surface area contributed by atoms with Crippen LogP contribution in [0.1, 0.15) is 20.3 Å². The van der Waals surface area contributed by atoms with Crippen LogP contribution in [-0.4, -0.2) is 44.2 Å². The van der Waals surface area contributed by atoms with Gasteiger partial charge < -0.3 is 5.32 Å². The normalized spacial score (nSPS) is 25.9. The van der Waals surface area contributed by atoms with Crippen LogP contribution in [0.2, 0.25) is 0 Å². The van der Waals surface area contributed by atoms with Gasteiger partial charge in [-0.05, 0) is 43.5 Å². The molecule has 5 heteroatoms. The number of rotatable bonds is 2. The molecule has 0 aromatic heterocycles. The second kappa shape index (κ2) is 6.30. The van der Waals surface area contributed by atoms with Gasteiger partial charge in [0.25, 0.3) is 0 Å². The SMILES string of the molecule is C=C1CNCCCN(S(=O)(=O)C2C(=C)C=C(C)C=C2C)C1. The topological polar surface area (TPSA) is 49.4 Å². The first kappa shape index (κ1) is 16.2. The van der Waals surface area contributed by atoms with Crippen LogP contribution in [0.5, 0.6) is 0 Å². The third-order valence-electron chi connectivity index (χ3n) is 3.81. The maximum absolute atomic E-state index is 13.0. The van der Waals surface area contributed by atoms with Crippen molar-refractivity contribution in [3.63, 3.8) is 0 Å². The van der Waals surface area contributed by atoms with Gasteiger partial charge in [0.05, 0.1) is 0 Å². The van der Waals surface area contributed by atoms with Gasteiger partial charge in [-0.25, -0.2) is 8.42 Å². The minimum absolute atomic E-state index is 0.384. The average Bonchev–Trinajstić information content (AvgIpc) is 2.31. The fourth-order valence-corrected chi connectivity index (χ4v) is 4.99. The van der Waals surface area contributed by atoms with Gasteiger partial charge in [0.2, 0.25) is 10.0 Å². The van der Waals surface area contributed by atoms with E-state index in [0.717, 1.165) is 29.7 Å². The first-order valence-electron chi connectivity index (χ1n) is 7.24. The summed E-state index contributed by atoms with van der Waals surface area (Å²) in [6.45, 7) is 14.1. The van der Waals surface area contributed by atoms with Gasteiger partial charge in [-0.15, -0.1) is 0 Å². The van der Waals surface area contributed by atoms with Gasteiger partial charge >= 0.3 is 0 Å². The summed E-state index contributed by atoms with van der Waals surface area (Å²) in [5.74, 6) is 0. The Kier molecular flexibility index (Phi) is 4.86. The van der Waals surface area contributed by atoms with E-state index in [2.05, 4.69) is 18.5 Å². The Bertz CT molecular complexity index is 614. The van der Waals surface area contributed by atoms with Crippen molar-refractivity contribution in [3.8, 4) is 0 Å². The molecule has 0 amide bonds. The summed E-state index contributed by atoms with van der Waals surface area (Å²) >= 11 is 0. The molecule has 1 heterocycles. The summed E-state index contributed by atoms with van der Waals surface area (Å²) in [5, 5.41) is 2.61. The molecule has 0 aromatic rings. The fourth-order valence-electron chi connectivity index (χ4n) is 2.96. The quantitative estimate of drug-likeness (QED) is 0.794. The van der Waals surface area contributed by atoms with E-state index in [1.807, 2.05) is 26.0 Å². The molecular weight excluding hydrogens is 284 g/mol. The van der Waals surface area contributed by atoms with E-state index in [1.165, 1.54) is 0 Å². The Morgan fingerprint density at radius 3 is 2.67 bits per heavy atom. The van der Waals surface area contributed by atoms with E-state index in [0.29, 0.717) is 25.2 Å². The Morgan fingerprint density at radius 2 is 2.00 bits per heavy atom. The predicted molar refractivity (Wildman–Crippen MR) is 87.6 cm³/mol. The zero-order chi connectivity index (χ0) is 15.6. The number of hydrogen-bond acceptors (Lipinski definition) is 3. The van der Waals surface area contributed by atoms with Gasteiger partial charge in [-0.2, -0.15) is 4.31 Å². The van der Waals surface area contributed by atoms with Crippen LogP contribution < -0.4 is 5.32 Å². The molecule has 21 heavy (non-hydrogen) atoms. The minimum atomic E-state index is -3.45. The Hall–Kier alpha value is -1.17. The monoisotopic (exact) mass is 308 g/mol. The summed E-state index contributed by atoms with van der Waals surface area (Å²) in [6, 6.07) is 0. The summed E-state index contributed by atoms with van der Waals surface area (Å²) in [5.41, 5.74) is 3.43. The maximum Gasteiger partial charge on any atom is 0.225 e. The van der Waals surface area contributed by atoms with Crippen LogP contribution in [0.3, 0.4) is 0 Å². The number of hydrogen-bond donors (Lipinski definition) is 1. The first-order chi connectivity index (χ1) is 9.82. The first-order valence-corrected chi connectivity index (χ1v) is 8.74. The third-order valence-corrected chi connectivity index (χ3v) is 6.11. The molecule has 0 bridgehead atoms. The van der Waals surface area contributed by atoms with Crippen molar-refractivity contribution in [2.24, 2.45) is 0 Å². The summed E-state index contributed by atoms with van der Waals surface area (Å²) in [6.07, 6.45) is 4.59. The van der Waals surface area contributed by atoms with E-state index >= 15 is 0 Å². The summed E-state index contributed by atoms with van der Waals surface area (Å²) in [7, 11) is -3.45. The molecule has 2 aliphatic rings. The lowest BCUT2D eigenvalue weighted by atomic mass is 9.97. The van der Waals surface area contributed by atoms with Gasteiger partial charge in [-0.1, -0.05) is 30.9 Å². The second-order valence-corrected chi connectivity index (χ2v) is 7.91. The molecule has 1 unspecified atom stereocenters. The highest BCUT2D eigenvalue weighted by Crippen LogP contribution is 2.29. The molecule has 0 aromatic carbocycles. The van der Waals surface area contributed by atoms with Gasteiger partial charge in [0, 0.05) is 19.6 Å². The molecule has 1 aliphatic carbocycles. The lowest BCUT2D eigenvalue weighted by Crippen LogP contribution is -2.44. The number of nitrogens with one attached hydrogen (secondary N) is 1. The third kappa shape index (κ3) is 3.54. The highest BCUT2D eigenvalue weighted by atomic mass is 32.2. The molecule has 0 spiro atoms. The molecule has 1 saturated heterocycles. The minimum Gasteiger partial charge on any atom is -0.313 e. The molecule has 4 nitrogen and oxygen atoms in total. The summed E-state index contributed by atoms with van der Waals surface area (Å²) in [4.78, 5) is 0. The van der Waals surface area contributed by atoms with Crippen LogP contribution in [0, 0.1) is 0 Å². The number of sulfonamides is 1. The molecule has 1 fully saturated rings. The van der Waals surface area contributed by atoms with Crippen molar-refractivity contribution in [3.05, 3.63) is 47.6 Å². The van der Waals surface area contributed by atoms with Crippen LogP contribution >= 0.6 is 0 Å². The van der Waals surface area contributed by atoms with Gasteiger partial charge in [-0.3, -0.25) is 0 Å². The largest absolute Gasteiger partial charge is 0.313 e. The standard InChI is InChI=1S/C16H24N2O2S/c1-12-8-14(3)16(15(4)9-12)21(19,20)18-7-5-6-17-10-13(2)11-18/h8-9,16-17H,2-3,5-7,10-11H2,1,4H3. The van der Waals surface area contributed by atoms with Crippen molar-refractivity contribution in [1.29, 1.82) is 0 Å². The van der Waals surface area contributed by atoms with E-state index in [1.54, 1.807) is 4.31 Å². The highest BCUT2D eigenvalue weighted by Gasteiger charge is 2.36. The number of nitrogens with zero attached hydrogens (tertiary/aromatic N) is 1. The lowest BCUT2D eigenvalue weighted by Gasteiger charge is -2.32. The van der Waals surface area contributed by atoms with Crippen LogP contribution in [-0.2, 0) is 10.0 Å². The van der Waals surface area contributed by atoms with E-state index in [9.17, 15) is 8.42 Å². The van der Waals surface area contributed by atoms with Crippen molar-refractivity contribution < 1.29 is 8.42 Å². The zero-order valence-corrected chi connectivity index (χ0v) is 13.7. The van der Waals surface area contributed by atoms with E-state index < -0.39 is 15.3 Å². The molecule has 0 saturated carbocycles. The Morgan fingerprint density at radius 1 is 1.29 bits per heavy atom. The molecule has 2 rings (SSSR count). The van der Waals surface area contributed by atoms with Gasteiger partial charge in [0.1, 0.15) is 5.25 Å². The van der Waals surface area contributed by atoms with Crippen molar-refractivity contribution in [2.75, 3.05) is 26.2 Å². The number of allylic oxidation sites excluding steroid dienone is 3. The smallest absolute Gasteiger partial charge is 0.225 e. The molecule has 0 radical (unpaired) electrons. The molecule has 1 aliphatic heterocycles. The van der Waals surface area contributed by atoms with Crippen LogP contribution in [0.25, 0.3) is 0 Å².